The van der Waals surface area contributed by atoms with Crippen molar-refractivity contribution in [1.82, 2.24) is 0 Å². The van der Waals surface area contributed by atoms with Gasteiger partial charge in [-0.25, -0.2) is 0 Å². The molecule has 0 aliphatic heterocycles. The summed E-state index contributed by atoms with van der Waals surface area (Å²) in [5.41, 5.74) is 7.59. The Morgan fingerprint density at radius 2 is 1.36 bits per heavy atom. The SMILES string of the molecule is CCCCCc1ccc2c(oc3c(C)c(CC)ccc32)c1C. The van der Waals surface area contributed by atoms with Gasteiger partial charge in [0.1, 0.15) is 11.2 Å². The van der Waals surface area contributed by atoms with Crippen LogP contribution in [0.3, 0.4) is 0 Å². The first-order valence-electron chi connectivity index (χ1n) is 8.60. The molecule has 0 bridgehead atoms. The van der Waals surface area contributed by atoms with Crippen molar-refractivity contribution < 1.29 is 4.42 Å². The Balaban J connectivity index is 2.14. The molecule has 0 spiro atoms. The molecule has 0 radical (unpaired) electrons. The van der Waals surface area contributed by atoms with Crippen LogP contribution in [0, 0.1) is 13.8 Å². The summed E-state index contributed by atoms with van der Waals surface area (Å²) in [4.78, 5) is 0. The van der Waals surface area contributed by atoms with Gasteiger partial charge in [-0.1, -0.05) is 51.0 Å². The summed E-state index contributed by atoms with van der Waals surface area (Å²) in [6, 6.07) is 9.02. The zero-order valence-corrected chi connectivity index (χ0v) is 14.3. The number of furan rings is 1. The maximum atomic E-state index is 6.30. The van der Waals surface area contributed by atoms with Crippen LogP contribution in [-0.4, -0.2) is 0 Å². The maximum Gasteiger partial charge on any atom is 0.138 e. The smallest absolute Gasteiger partial charge is 0.138 e. The minimum atomic E-state index is 1.06. The Kier molecular flexibility index (Phi) is 4.24. The quantitative estimate of drug-likeness (QED) is 0.490. The van der Waals surface area contributed by atoms with Crippen molar-refractivity contribution >= 4 is 21.9 Å². The molecule has 1 heterocycles. The van der Waals surface area contributed by atoms with Crippen molar-refractivity contribution in [3.63, 3.8) is 0 Å². The molecular weight excluding hydrogens is 268 g/mol. The molecule has 1 heteroatoms. The van der Waals surface area contributed by atoms with E-state index in [2.05, 4.69) is 52.0 Å². The molecule has 3 aromatic rings. The van der Waals surface area contributed by atoms with Crippen LogP contribution in [0.15, 0.2) is 28.7 Å². The number of hydrogen-bond donors (Lipinski definition) is 0. The summed E-state index contributed by atoms with van der Waals surface area (Å²) in [5.74, 6) is 0. The molecule has 3 rings (SSSR count). The standard InChI is InChI=1S/C21H26O/c1-5-7-8-9-17-11-13-19-18-12-10-16(6-2)14(3)20(18)22-21(19)15(17)4/h10-13H,5-9H2,1-4H3. The van der Waals surface area contributed by atoms with Gasteiger partial charge < -0.3 is 4.42 Å². The zero-order valence-electron chi connectivity index (χ0n) is 14.3. The summed E-state index contributed by atoms with van der Waals surface area (Å²) >= 11 is 0. The maximum absolute atomic E-state index is 6.30. The molecule has 0 saturated heterocycles. The van der Waals surface area contributed by atoms with Gasteiger partial charge in [0.25, 0.3) is 0 Å². The number of aryl methyl sites for hydroxylation is 4. The van der Waals surface area contributed by atoms with Gasteiger partial charge in [0.2, 0.25) is 0 Å². The lowest BCUT2D eigenvalue weighted by atomic mass is 9.98. The Hall–Kier alpha value is -1.76. The van der Waals surface area contributed by atoms with E-state index in [9.17, 15) is 0 Å². The molecule has 1 aromatic heterocycles. The molecule has 0 aliphatic rings. The fourth-order valence-corrected chi connectivity index (χ4v) is 3.47. The molecule has 22 heavy (non-hydrogen) atoms. The molecule has 0 aliphatic carbocycles. The molecule has 2 aromatic carbocycles. The highest BCUT2D eigenvalue weighted by molar-refractivity contribution is 6.07. The van der Waals surface area contributed by atoms with Crippen LogP contribution >= 0.6 is 0 Å². The number of benzene rings is 2. The second kappa shape index (κ2) is 6.16. The third-order valence-electron chi connectivity index (χ3n) is 4.96. The zero-order chi connectivity index (χ0) is 15.7. The van der Waals surface area contributed by atoms with Gasteiger partial charge in [-0.05, 0) is 55.4 Å². The van der Waals surface area contributed by atoms with E-state index in [0.717, 1.165) is 24.0 Å². The second-order valence-electron chi connectivity index (χ2n) is 6.37. The van der Waals surface area contributed by atoms with Gasteiger partial charge in [0, 0.05) is 10.8 Å². The lowest BCUT2D eigenvalue weighted by Gasteiger charge is -2.05. The van der Waals surface area contributed by atoms with Gasteiger partial charge >= 0.3 is 0 Å². The first-order chi connectivity index (χ1) is 10.7. The van der Waals surface area contributed by atoms with Crippen LogP contribution in [-0.2, 0) is 12.8 Å². The minimum Gasteiger partial charge on any atom is -0.455 e. The monoisotopic (exact) mass is 294 g/mol. The summed E-state index contributed by atoms with van der Waals surface area (Å²) in [6.45, 7) is 8.85. The molecule has 1 nitrogen and oxygen atoms in total. The Bertz CT molecular complexity index is 808. The minimum absolute atomic E-state index is 1.06. The van der Waals surface area contributed by atoms with E-state index in [-0.39, 0.29) is 0 Å². The van der Waals surface area contributed by atoms with Gasteiger partial charge in [-0.2, -0.15) is 0 Å². The molecule has 0 N–H and O–H groups in total. The number of rotatable bonds is 5. The normalized spacial score (nSPS) is 11.6. The summed E-state index contributed by atoms with van der Waals surface area (Å²) in [5, 5.41) is 2.52. The fraction of sp³-hybridized carbons (Fsp3) is 0.429. The van der Waals surface area contributed by atoms with E-state index in [4.69, 9.17) is 4.42 Å². The predicted molar refractivity (Wildman–Crippen MR) is 95.8 cm³/mol. The van der Waals surface area contributed by atoms with E-state index in [0.29, 0.717) is 0 Å². The predicted octanol–water partition coefficient (Wildman–Crippen LogP) is 6.50. The van der Waals surface area contributed by atoms with E-state index in [1.54, 1.807) is 0 Å². The Morgan fingerprint density at radius 1 is 0.773 bits per heavy atom. The van der Waals surface area contributed by atoms with Gasteiger partial charge in [0.15, 0.2) is 0 Å². The van der Waals surface area contributed by atoms with Crippen molar-refractivity contribution in [2.75, 3.05) is 0 Å². The van der Waals surface area contributed by atoms with Gasteiger partial charge in [-0.15, -0.1) is 0 Å². The first-order valence-corrected chi connectivity index (χ1v) is 8.60. The Morgan fingerprint density at radius 3 is 1.95 bits per heavy atom. The molecule has 0 unspecified atom stereocenters. The average Bonchev–Trinajstić information content (AvgIpc) is 2.91. The topological polar surface area (TPSA) is 13.1 Å². The first kappa shape index (κ1) is 15.1. The summed E-state index contributed by atoms with van der Waals surface area (Å²) in [7, 11) is 0. The molecule has 0 amide bonds. The van der Waals surface area contributed by atoms with E-state index in [1.165, 1.54) is 52.3 Å². The summed E-state index contributed by atoms with van der Waals surface area (Å²) < 4.78 is 6.30. The third kappa shape index (κ3) is 2.43. The molecular formula is C21H26O. The van der Waals surface area contributed by atoms with Crippen molar-refractivity contribution in [3.05, 3.63) is 46.5 Å². The van der Waals surface area contributed by atoms with E-state index < -0.39 is 0 Å². The van der Waals surface area contributed by atoms with E-state index in [1.807, 2.05) is 0 Å². The highest BCUT2D eigenvalue weighted by Gasteiger charge is 2.14. The fourth-order valence-electron chi connectivity index (χ4n) is 3.47. The number of hydrogen-bond acceptors (Lipinski definition) is 1. The van der Waals surface area contributed by atoms with Crippen LogP contribution in [0.1, 0.15) is 55.4 Å². The lowest BCUT2D eigenvalue weighted by molar-refractivity contribution is 0.658. The number of unbranched alkanes of at least 4 members (excludes halogenated alkanes) is 2. The number of fused-ring (bicyclic) bond motifs is 3. The van der Waals surface area contributed by atoms with E-state index >= 15 is 0 Å². The lowest BCUT2D eigenvalue weighted by Crippen LogP contribution is -1.90. The van der Waals surface area contributed by atoms with Crippen molar-refractivity contribution in [3.8, 4) is 0 Å². The largest absolute Gasteiger partial charge is 0.455 e. The molecule has 0 atom stereocenters. The third-order valence-corrected chi connectivity index (χ3v) is 4.96. The molecule has 0 fully saturated rings. The Labute approximate surface area is 133 Å². The van der Waals surface area contributed by atoms with Crippen LogP contribution in [0.5, 0.6) is 0 Å². The molecule has 0 saturated carbocycles. The molecule has 116 valence electrons. The average molecular weight is 294 g/mol. The van der Waals surface area contributed by atoms with Crippen molar-refractivity contribution in [1.29, 1.82) is 0 Å². The van der Waals surface area contributed by atoms with Crippen LogP contribution in [0.2, 0.25) is 0 Å². The van der Waals surface area contributed by atoms with Crippen molar-refractivity contribution in [2.24, 2.45) is 0 Å². The highest BCUT2D eigenvalue weighted by Crippen LogP contribution is 2.35. The van der Waals surface area contributed by atoms with Crippen LogP contribution < -0.4 is 0 Å². The van der Waals surface area contributed by atoms with Crippen molar-refractivity contribution in [2.45, 2.75) is 59.8 Å². The summed E-state index contributed by atoms with van der Waals surface area (Å²) in [6.07, 6.45) is 6.05. The second-order valence-corrected chi connectivity index (χ2v) is 6.37. The highest BCUT2D eigenvalue weighted by atomic mass is 16.3. The van der Waals surface area contributed by atoms with Gasteiger partial charge in [-0.3, -0.25) is 0 Å². The van der Waals surface area contributed by atoms with Gasteiger partial charge in [0.05, 0.1) is 0 Å². The van der Waals surface area contributed by atoms with Crippen LogP contribution in [0.25, 0.3) is 21.9 Å². The van der Waals surface area contributed by atoms with Crippen LogP contribution in [0.4, 0.5) is 0 Å².